The number of benzene rings is 1. The van der Waals surface area contributed by atoms with E-state index in [1.807, 2.05) is 37.3 Å². The van der Waals surface area contributed by atoms with E-state index in [9.17, 15) is 0 Å². The van der Waals surface area contributed by atoms with Crippen LogP contribution in [0.4, 0.5) is 5.95 Å². The van der Waals surface area contributed by atoms with Crippen LogP contribution in [0, 0.1) is 0 Å². The molecule has 1 atom stereocenters. The molecule has 0 spiro atoms. The molecular formula is C17H15ClN6S2. The molecule has 2 N–H and O–H groups in total. The number of aromatic nitrogens is 4. The molecule has 0 fully saturated rings. The average molecular weight is 403 g/mol. The van der Waals surface area contributed by atoms with Crippen LogP contribution in [0.1, 0.15) is 18.5 Å². The van der Waals surface area contributed by atoms with Crippen molar-refractivity contribution in [1.29, 1.82) is 0 Å². The zero-order valence-electron chi connectivity index (χ0n) is 13.8. The van der Waals surface area contributed by atoms with Crippen LogP contribution >= 0.6 is 35.6 Å². The van der Waals surface area contributed by atoms with Crippen molar-refractivity contribution in [1.82, 2.24) is 25.3 Å². The van der Waals surface area contributed by atoms with E-state index >= 15 is 0 Å². The molecule has 0 saturated carbocycles. The summed E-state index contributed by atoms with van der Waals surface area (Å²) in [5.41, 5.74) is 1.13. The summed E-state index contributed by atoms with van der Waals surface area (Å²) < 4.78 is 0. The average Bonchev–Trinajstić information content (AvgIpc) is 2.62. The maximum absolute atomic E-state index is 6.09. The van der Waals surface area contributed by atoms with Gasteiger partial charge in [-0.05, 0) is 42.5 Å². The molecule has 3 rings (SSSR count). The lowest BCUT2D eigenvalue weighted by molar-refractivity contribution is 0.722. The maximum atomic E-state index is 6.09. The Balaban J connectivity index is 1.66. The van der Waals surface area contributed by atoms with E-state index in [0.717, 1.165) is 5.56 Å². The third-order valence-electron chi connectivity index (χ3n) is 3.28. The smallest absolute Gasteiger partial charge is 0.231 e. The molecule has 132 valence electrons. The molecule has 3 aromatic rings. The molecule has 2 aromatic heterocycles. The maximum Gasteiger partial charge on any atom is 0.231 e. The first kappa shape index (κ1) is 18.5. The zero-order chi connectivity index (χ0) is 18.4. The first-order valence-electron chi connectivity index (χ1n) is 7.72. The van der Waals surface area contributed by atoms with E-state index in [-0.39, 0.29) is 6.04 Å². The van der Waals surface area contributed by atoms with Crippen LogP contribution in [0.25, 0.3) is 0 Å². The van der Waals surface area contributed by atoms with Crippen molar-refractivity contribution < 1.29 is 0 Å². The number of nitrogens with one attached hydrogen (secondary N) is 2. The lowest BCUT2D eigenvalue weighted by Gasteiger charge is -2.16. The van der Waals surface area contributed by atoms with E-state index in [2.05, 4.69) is 30.6 Å². The van der Waals surface area contributed by atoms with Gasteiger partial charge in [0.1, 0.15) is 10.2 Å². The lowest BCUT2D eigenvalue weighted by atomic mass is 10.1. The van der Waals surface area contributed by atoms with Crippen LogP contribution in [-0.4, -0.2) is 25.0 Å². The number of nitrogens with zero attached hydrogens (tertiary/aromatic N) is 4. The molecule has 26 heavy (non-hydrogen) atoms. The third kappa shape index (κ3) is 5.35. The summed E-state index contributed by atoms with van der Waals surface area (Å²) in [5.74, 6) is 0.314. The van der Waals surface area contributed by atoms with Gasteiger partial charge in [-0.3, -0.25) is 0 Å². The van der Waals surface area contributed by atoms with Crippen LogP contribution in [0.3, 0.4) is 0 Å². The number of anilines is 1. The molecule has 0 amide bonds. The Bertz CT molecular complexity index is 879. The van der Waals surface area contributed by atoms with E-state index in [4.69, 9.17) is 23.8 Å². The van der Waals surface area contributed by atoms with Crippen LogP contribution in [-0.2, 0) is 0 Å². The molecule has 9 heteroatoms. The topological polar surface area (TPSA) is 75.6 Å². The summed E-state index contributed by atoms with van der Waals surface area (Å²) in [4.78, 5) is 16.9. The van der Waals surface area contributed by atoms with Crippen LogP contribution < -0.4 is 10.6 Å². The van der Waals surface area contributed by atoms with Gasteiger partial charge in [0.15, 0.2) is 10.3 Å². The molecule has 0 radical (unpaired) electrons. The first-order chi connectivity index (χ1) is 12.6. The van der Waals surface area contributed by atoms with Crippen molar-refractivity contribution >= 4 is 46.6 Å². The quantitative estimate of drug-likeness (QED) is 0.375. The van der Waals surface area contributed by atoms with Crippen molar-refractivity contribution in [2.24, 2.45) is 0 Å². The molecule has 0 bridgehead atoms. The number of rotatable bonds is 5. The summed E-state index contributed by atoms with van der Waals surface area (Å²) in [6.45, 7) is 2.02. The fourth-order valence-electron chi connectivity index (χ4n) is 2.10. The molecular weight excluding hydrogens is 388 g/mol. The molecule has 0 unspecified atom stereocenters. The van der Waals surface area contributed by atoms with Crippen LogP contribution in [0.15, 0.2) is 65.0 Å². The molecule has 1 aromatic carbocycles. The van der Waals surface area contributed by atoms with Crippen LogP contribution in [0.5, 0.6) is 0 Å². The van der Waals surface area contributed by atoms with Gasteiger partial charge >= 0.3 is 0 Å². The lowest BCUT2D eigenvalue weighted by Crippen LogP contribution is -2.31. The third-order valence-corrected chi connectivity index (χ3v) is 4.51. The standard InChI is InChI=1S/C17H15ClN6S2/c1-11(12-6-3-2-4-7-12)21-16(25)24-15-22-13(18)10-14(23-15)26-17-19-8-5-9-20-17/h2-11H,1H3,(H2,21,22,23,24,25)/t11-/m1/s1. The van der Waals surface area contributed by atoms with Gasteiger partial charge in [-0.15, -0.1) is 0 Å². The van der Waals surface area contributed by atoms with E-state index in [1.165, 1.54) is 11.8 Å². The van der Waals surface area contributed by atoms with Crippen LogP contribution in [0.2, 0.25) is 5.15 Å². The minimum absolute atomic E-state index is 0.0435. The molecule has 2 heterocycles. The van der Waals surface area contributed by atoms with Crippen molar-refractivity contribution in [2.45, 2.75) is 23.1 Å². The summed E-state index contributed by atoms with van der Waals surface area (Å²) in [5, 5.41) is 8.08. The number of halogens is 1. The van der Waals surface area contributed by atoms with Gasteiger partial charge in [0.05, 0.1) is 6.04 Å². The highest BCUT2D eigenvalue weighted by Gasteiger charge is 2.10. The van der Waals surface area contributed by atoms with Crippen molar-refractivity contribution in [3.05, 3.63) is 65.6 Å². The predicted octanol–water partition coefficient (Wildman–Crippen LogP) is 4.12. The Morgan fingerprint density at radius 1 is 1.12 bits per heavy atom. The second-order valence-electron chi connectivity index (χ2n) is 5.22. The van der Waals surface area contributed by atoms with Gasteiger partial charge in [0.2, 0.25) is 5.95 Å². The summed E-state index contributed by atoms with van der Waals surface area (Å²) in [7, 11) is 0. The minimum atomic E-state index is 0.0435. The number of thiocarbonyl (C=S) groups is 1. The Kier molecular flexibility index (Phi) is 6.32. The monoisotopic (exact) mass is 402 g/mol. The van der Waals surface area contributed by atoms with E-state index in [0.29, 0.717) is 26.4 Å². The highest BCUT2D eigenvalue weighted by molar-refractivity contribution is 7.99. The summed E-state index contributed by atoms with van der Waals surface area (Å²) in [6, 6.07) is 13.5. The molecule has 0 aliphatic carbocycles. The Hall–Kier alpha value is -2.29. The van der Waals surface area contributed by atoms with Gasteiger partial charge < -0.3 is 10.6 Å². The SMILES string of the molecule is C[C@@H](NC(=S)Nc1nc(Cl)cc(Sc2ncccn2)n1)c1ccccc1. The summed E-state index contributed by atoms with van der Waals surface area (Å²) >= 11 is 12.7. The minimum Gasteiger partial charge on any atom is -0.356 e. The second-order valence-corrected chi connectivity index (χ2v) is 7.00. The molecule has 0 saturated heterocycles. The zero-order valence-corrected chi connectivity index (χ0v) is 16.1. The second kappa shape index (κ2) is 8.88. The molecule has 0 aliphatic rings. The predicted molar refractivity (Wildman–Crippen MR) is 107 cm³/mol. The van der Waals surface area contributed by atoms with E-state index < -0.39 is 0 Å². The normalized spacial score (nSPS) is 11.6. The number of hydrogen-bond donors (Lipinski definition) is 2. The Morgan fingerprint density at radius 3 is 2.58 bits per heavy atom. The van der Waals surface area contributed by atoms with Crippen molar-refractivity contribution in [3.63, 3.8) is 0 Å². The molecule has 0 aliphatic heterocycles. The Labute approximate surface area is 165 Å². The van der Waals surface area contributed by atoms with Gasteiger partial charge in [-0.1, -0.05) is 41.9 Å². The van der Waals surface area contributed by atoms with Crippen molar-refractivity contribution in [2.75, 3.05) is 5.32 Å². The fourth-order valence-corrected chi connectivity index (χ4v) is 3.33. The van der Waals surface area contributed by atoms with Gasteiger partial charge in [0, 0.05) is 18.5 Å². The van der Waals surface area contributed by atoms with Gasteiger partial charge in [-0.25, -0.2) is 19.9 Å². The first-order valence-corrected chi connectivity index (χ1v) is 9.32. The van der Waals surface area contributed by atoms with Gasteiger partial charge in [0.25, 0.3) is 0 Å². The number of hydrogen-bond acceptors (Lipinski definition) is 6. The van der Waals surface area contributed by atoms with E-state index in [1.54, 1.807) is 24.5 Å². The highest BCUT2D eigenvalue weighted by Crippen LogP contribution is 2.25. The fraction of sp³-hybridized carbons (Fsp3) is 0.118. The van der Waals surface area contributed by atoms with Gasteiger partial charge in [-0.2, -0.15) is 0 Å². The Morgan fingerprint density at radius 2 is 1.85 bits per heavy atom. The summed E-state index contributed by atoms with van der Waals surface area (Å²) in [6.07, 6.45) is 3.34. The highest BCUT2D eigenvalue weighted by atomic mass is 35.5. The van der Waals surface area contributed by atoms with Crippen molar-refractivity contribution in [3.8, 4) is 0 Å². The largest absolute Gasteiger partial charge is 0.356 e. The molecule has 6 nitrogen and oxygen atoms in total.